The van der Waals surface area contributed by atoms with Crippen LogP contribution in [0.1, 0.15) is 35.1 Å². The number of guanidine groups is 1. The number of hydrogen-bond acceptors (Lipinski definition) is 4. The lowest BCUT2D eigenvalue weighted by Gasteiger charge is -2.29. The van der Waals surface area contributed by atoms with Gasteiger partial charge in [0.15, 0.2) is 5.96 Å². The van der Waals surface area contributed by atoms with Crippen molar-refractivity contribution in [2.75, 3.05) is 20.3 Å². The van der Waals surface area contributed by atoms with Gasteiger partial charge in [-0.3, -0.25) is 4.39 Å². The van der Waals surface area contributed by atoms with Gasteiger partial charge in [-0.1, -0.05) is 24.0 Å². The summed E-state index contributed by atoms with van der Waals surface area (Å²) in [6.07, 6.45) is 1.95. The molecule has 1 saturated carbocycles. The van der Waals surface area contributed by atoms with Gasteiger partial charge in [-0.05, 0) is 53.8 Å². The van der Waals surface area contributed by atoms with Gasteiger partial charge >= 0.3 is 6.61 Å². The predicted octanol–water partition coefficient (Wildman–Crippen LogP) is 4.20. The molecule has 2 aromatic carbocycles. The molecule has 4 rings (SSSR count). The SMILES string of the molecule is CN1CC(c2ccc(F)c(C#CC3CC3)c2)(c2ccc(OC(F)F)c(CCF)c2)N=C1N. The molecule has 0 radical (unpaired) electrons. The Hall–Kier alpha value is -3.21. The van der Waals surface area contributed by atoms with E-state index in [1.807, 2.05) is 0 Å². The molecular formula is C24H23F4N3O. The van der Waals surface area contributed by atoms with E-state index in [-0.39, 0.29) is 23.7 Å². The van der Waals surface area contributed by atoms with Crippen LogP contribution in [0.25, 0.3) is 0 Å². The number of aliphatic imine (C=N–C) groups is 1. The fraction of sp³-hybridized carbons (Fsp3) is 0.375. The summed E-state index contributed by atoms with van der Waals surface area (Å²) in [5, 5.41) is 0. The highest BCUT2D eigenvalue weighted by Crippen LogP contribution is 2.40. The molecule has 1 atom stereocenters. The van der Waals surface area contributed by atoms with Gasteiger partial charge in [-0.15, -0.1) is 0 Å². The third-order valence-corrected chi connectivity index (χ3v) is 5.71. The molecule has 0 saturated heterocycles. The molecule has 32 heavy (non-hydrogen) atoms. The lowest BCUT2D eigenvalue weighted by molar-refractivity contribution is -0.0505. The molecule has 1 heterocycles. The summed E-state index contributed by atoms with van der Waals surface area (Å²) in [7, 11) is 1.77. The molecule has 0 spiro atoms. The van der Waals surface area contributed by atoms with Crippen molar-refractivity contribution in [2.24, 2.45) is 16.6 Å². The van der Waals surface area contributed by atoms with Crippen LogP contribution in [-0.4, -0.2) is 37.7 Å². The summed E-state index contributed by atoms with van der Waals surface area (Å²) in [4.78, 5) is 6.43. The topological polar surface area (TPSA) is 50.8 Å². The molecule has 4 nitrogen and oxygen atoms in total. The minimum Gasteiger partial charge on any atom is -0.435 e. The number of ether oxygens (including phenoxy) is 1. The third-order valence-electron chi connectivity index (χ3n) is 5.71. The number of halogens is 4. The van der Waals surface area contributed by atoms with E-state index >= 15 is 0 Å². The molecule has 8 heteroatoms. The summed E-state index contributed by atoms with van der Waals surface area (Å²) in [5.41, 5.74) is 6.88. The van der Waals surface area contributed by atoms with Crippen molar-refractivity contribution in [2.45, 2.75) is 31.4 Å². The first-order valence-electron chi connectivity index (χ1n) is 10.3. The van der Waals surface area contributed by atoms with Gasteiger partial charge in [0.05, 0.1) is 18.8 Å². The van der Waals surface area contributed by atoms with E-state index in [9.17, 15) is 17.6 Å². The van der Waals surface area contributed by atoms with E-state index in [4.69, 9.17) is 5.73 Å². The number of hydrogen-bond donors (Lipinski definition) is 1. The van der Waals surface area contributed by atoms with Crippen LogP contribution >= 0.6 is 0 Å². The van der Waals surface area contributed by atoms with Crippen LogP contribution in [0.2, 0.25) is 0 Å². The second kappa shape index (κ2) is 8.73. The Kier molecular flexibility index (Phi) is 6.00. The van der Waals surface area contributed by atoms with E-state index in [0.29, 0.717) is 29.2 Å². The van der Waals surface area contributed by atoms with E-state index in [2.05, 4.69) is 21.6 Å². The molecule has 1 aliphatic carbocycles. The van der Waals surface area contributed by atoms with Gasteiger partial charge in [0.1, 0.15) is 17.1 Å². The number of nitrogens with zero attached hydrogens (tertiary/aromatic N) is 2. The lowest BCUT2D eigenvalue weighted by atomic mass is 9.82. The van der Waals surface area contributed by atoms with Crippen molar-refractivity contribution < 1.29 is 22.3 Å². The Morgan fingerprint density at radius 1 is 1.22 bits per heavy atom. The highest BCUT2D eigenvalue weighted by Gasteiger charge is 2.41. The summed E-state index contributed by atoms with van der Waals surface area (Å²) in [6, 6.07) is 9.20. The summed E-state index contributed by atoms with van der Waals surface area (Å²) < 4.78 is 57.7. The molecular weight excluding hydrogens is 422 g/mol. The maximum absolute atomic E-state index is 14.4. The van der Waals surface area contributed by atoms with Crippen molar-refractivity contribution >= 4 is 5.96 Å². The third kappa shape index (κ3) is 4.38. The van der Waals surface area contributed by atoms with Crippen molar-refractivity contribution in [3.63, 3.8) is 0 Å². The second-order valence-corrected chi connectivity index (χ2v) is 8.06. The molecule has 2 N–H and O–H groups in total. The number of alkyl halides is 3. The standard InChI is InChI=1S/C24H23F4N3O/c1-31-14-24(30-23(31)29,18-6-8-20(26)16(12-18)5-4-15-2-3-15)19-7-9-21(32-22(27)28)17(13-19)10-11-25/h6-9,12-13,15,22H,2-3,10-11,14H2,1H3,(H2,29,30). The van der Waals surface area contributed by atoms with Gasteiger partial charge in [0.25, 0.3) is 0 Å². The number of nitrogens with two attached hydrogens (primary N) is 1. The van der Waals surface area contributed by atoms with Gasteiger partial charge in [-0.2, -0.15) is 8.78 Å². The van der Waals surface area contributed by atoms with Crippen LogP contribution in [0.3, 0.4) is 0 Å². The van der Waals surface area contributed by atoms with Gasteiger partial charge in [-0.25, -0.2) is 9.38 Å². The van der Waals surface area contributed by atoms with Crippen molar-refractivity contribution in [3.8, 4) is 17.6 Å². The first-order valence-corrected chi connectivity index (χ1v) is 10.3. The maximum atomic E-state index is 14.4. The molecule has 0 bridgehead atoms. The Labute approximate surface area is 184 Å². The molecule has 168 valence electrons. The first-order chi connectivity index (χ1) is 15.3. The molecule has 1 unspecified atom stereocenters. The van der Waals surface area contributed by atoms with Crippen LogP contribution in [0.15, 0.2) is 41.4 Å². The average molecular weight is 445 g/mol. The highest BCUT2D eigenvalue weighted by atomic mass is 19.3. The van der Waals surface area contributed by atoms with Gasteiger partial charge < -0.3 is 15.4 Å². The normalized spacial score (nSPS) is 20.2. The zero-order chi connectivity index (χ0) is 22.9. The smallest absolute Gasteiger partial charge is 0.387 e. The molecule has 2 aliphatic rings. The molecule has 2 aromatic rings. The molecule has 1 aliphatic heterocycles. The van der Waals surface area contributed by atoms with E-state index in [1.54, 1.807) is 36.2 Å². The zero-order valence-corrected chi connectivity index (χ0v) is 17.5. The highest BCUT2D eigenvalue weighted by molar-refractivity contribution is 5.81. The van der Waals surface area contributed by atoms with Crippen LogP contribution in [0.4, 0.5) is 17.6 Å². The second-order valence-electron chi connectivity index (χ2n) is 8.06. The fourth-order valence-corrected chi connectivity index (χ4v) is 3.85. The number of aryl methyl sites for hydroxylation is 1. The quantitative estimate of drug-likeness (QED) is 0.536. The summed E-state index contributed by atoms with van der Waals surface area (Å²) in [6.45, 7) is -3.42. The van der Waals surface area contributed by atoms with E-state index < -0.39 is 24.6 Å². The number of rotatable bonds is 6. The van der Waals surface area contributed by atoms with Crippen LogP contribution in [-0.2, 0) is 12.0 Å². The largest absolute Gasteiger partial charge is 0.435 e. The number of likely N-dealkylation sites (N-methyl/N-ethyl adjacent to an activating group) is 1. The minimum absolute atomic E-state index is 0.0880. The van der Waals surface area contributed by atoms with Crippen LogP contribution in [0.5, 0.6) is 5.75 Å². The van der Waals surface area contributed by atoms with E-state index in [1.165, 1.54) is 12.1 Å². The summed E-state index contributed by atoms with van der Waals surface area (Å²) >= 11 is 0. The van der Waals surface area contributed by atoms with Gasteiger partial charge in [0, 0.05) is 19.4 Å². The molecule has 0 aromatic heterocycles. The first kappa shape index (κ1) is 22.0. The Bertz CT molecular complexity index is 1100. The predicted molar refractivity (Wildman–Crippen MR) is 114 cm³/mol. The van der Waals surface area contributed by atoms with Crippen molar-refractivity contribution in [1.29, 1.82) is 0 Å². The van der Waals surface area contributed by atoms with Crippen LogP contribution < -0.4 is 10.5 Å². The maximum Gasteiger partial charge on any atom is 0.387 e. The Balaban J connectivity index is 1.83. The van der Waals surface area contributed by atoms with Crippen LogP contribution in [0, 0.1) is 23.6 Å². The lowest BCUT2D eigenvalue weighted by Crippen LogP contribution is -2.35. The van der Waals surface area contributed by atoms with Crippen molar-refractivity contribution in [1.82, 2.24) is 4.90 Å². The monoisotopic (exact) mass is 445 g/mol. The van der Waals surface area contributed by atoms with Crippen molar-refractivity contribution in [3.05, 3.63) is 64.5 Å². The van der Waals surface area contributed by atoms with E-state index in [0.717, 1.165) is 12.8 Å². The molecule has 0 amide bonds. The molecule has 1 fully saturated rings. The van der Waals surface area contributed by atoms with Gasteiger partial charge in [0.2, 0.25) is 0 Å². The number of benzene rings is 2. The Morgan fingerprint density at radius 2 is 1.94 bits per heavy atom. The summed E-state index contributed by atoms with van der Waals surface area (Å²) in [5.74, 6) is 6.05. The minimum atomic E-state index is -3.02. The average Bonchev–Trinajstić information content (AvgIpc) is 3.53. The zero-order valence-electron chi connectivity index (χ0n) is 17.5. The fourth-order valence-electron chi connectivity index (χ4n) is 3.85. The Morgan fingerprint density at radius 3 is 2.56 bits per heavy atom.